The molecule has 0 saturated heterocycles. The Morgan fingerprint density at radius 2 is 1.94 bits per heavy atom. The first kappa shape index (κ1) is 14.2. The molecule has 0 saturated carbocycles. The number of alkyl halides is 3. The zero-order chi connectivity index (χ0) is 13.8. The number of amides is 1. The first-order chi connectivity index (χ1) is 8.38. The van der Waals surface area contributed by atoms with Crippen molar-refractivity contribution in [3.05, 3.63) is 35.4 Å². The second-order valence-electron chi connectivity index (χ2n) is 3.94. The van der Waals surface area contributed by atoms with E-state index in [1.54, 1.807) is 13.8 Å². The van der Waals surface area contributed by atoms with Crippen LogP contribution in [0.15, 0.2) is 29.4 Å². The van der Waals surface area contributed by atoms with Crippen molar-refractivity contribution in [3.63, 3.8) is 0 Å². The van der Waals surface area contributed by atoms with E-state index in [1.807, 2.05) is 5.43 Å². The predicted molar refractivity (Wildman–Crippen MR) is 62.0 cm³/mol. The minimum Gasteiger partial charge on any atom is -0.277 e. The number of carbonyl (C=O) groups excluding carboxylic acids is 1. The third-order valence-electron chi connectivity index (χ3n) is 2.29. The van der Waals surface area contributed by atoms with Gasteiger partial charge in [-0.3, -0.25) is 4.79 Å². The molecule has 0 atom stereocenters. The monoisotopic (exact) mass is 258 g/mol. The average molecular weight is 258 g/mol. The molecular weight excluding hydrogens is 245 g/mol. The van der Waals surface area contributed by atoms with Gasteiger partial charge in [-0.1, -0.05) is 32.0 Å². The number of nitrogens with zero attached hydrogens (tertiary/aromatic N) is 1. The highest BCUT2D eigenvalue weighted by Crippen LogP contribution is 2.32. The van der Waals surface area contributed by atoms with Gasteiger partial charge >= 0.3 is 6.18 Å². The maximum Gasteiger partial charge on any atom is 0.417 e. The van der Waals surface area contributed by atoms with E-state index in [-0.39, 0.29) is 17.2 Å². The van der Waals surface area contributed by atoms with Gasteiger partial charge in [0.1, 0.15) is 0 Å². The largest absolute Gasteiger partial charge is 0.417 e. The van der Waals surface area contributed by atoms with E-state index in [2.05, 4.69) is 5.10 Å². The van der Waals surface area contributed by atoms with Gasteiger partial charge in [0.05, 0.1) is 11.3 Å². The molecule has 1 amide bonds. The summed E-state index contributed by atoms with van der Waals surface area (Å²) >= 11 is 0. The fraction of sp³-hybridized carbons (Fsp3) is 0.333. The molecule has 1 N–H and O–H groups in total. The van der Waals surface area contributed by atoms with Gasteiger partial charge in [0, 0.05) is 5.56 Å². The minimum absolute atomic E-state index is 0.0191. The first-order valence-corrected chi connectivity index (χ1v) is 5.31. The van der Waals surface area contributed by atoms with Crippen LogP contribution in [-0.4, -0.2) is 12.1 Å². The van der Waals surface area contributed by atoms with Crippen molar-refractivity contribution in [2.24, 2.45) is 11.0 Å². The van der Waals surface area contributed by atoms with E-state index in [9.17, 15) is 18.0 Å². The number of hydrazone groups is 1. The van der Waals surface area contributed by atoms with E-state index in [1.165, 1.54) is 18.2 Å². The Balaban J connectivity index is 3.33. The van der Waals surface area contributed by atoms with Crippen LogP contribution in [-0.2, 0) is 11.0 Å². The standard InChI is InChI=1S/C12H13F3N2O/c1-8(2)11(17-16-7-18)9-5-3-4-6-10(9)12(13,14)15/h3-8H,1-2H3,(H,16,18). The molecule has 3 nitrogen and oxygen atoms in total. The number of halogens is 3. The molecule has 0 spiro atoms. The Morgan fingerprint density at radius 3 is 2.44 bits per heavy atom. The van der Waals surface area contributed by atoms with Gasteiger partial charge in [-0.05, 0) is 12.0 Å². The van der Waals surface area contributed by atoms with Crippen molar-refractivity contribution in [1.82, 2.24) is 5.43 Å². The van der Waals surface area contributed by atoms with Crippen molar-refractivity contribution in [2.45, 2.75) is 20.0 Å². The highest BCUT2D eigenvalue weighted by molar-refractivity contribution is 6.03. The lowest BCUT2D eigenvalue weighted by molar-refractivity contribution is -0.137. The smallest absolute Gasteiger partial charge is 0.277 e. The molecule has 6 heteroatoms. The number of benzene rings is 1. The summed E-state index contributed by atoms with van der Waals surface area (Å²) in [5, 5.41) is 3.68. The normalized spacial score (nSPS) is 12.7. The molecule has 0 bridgehead atoms. The third kappa shape index (κ3) is 3.32. The minimum atomic E-state index is -4.45. The molecule has 0 radical (unpaired) electrons. The van der Waals surface area contributed by atoms with Gasteiger partial charge in [0.25, 0.3) is 0 Å². The number of hydrogen-bond donors (Lipinski definition) is 1. The molecule has 1 aromatic carbocycles. The number of rotatable bonds is 4. The van der Waals surface area contributed by atoms with Gasteiger partial charge in [0.15, 0.2) is 0 Å². The molecular formula is C12H13F3N2O. The summed E-state index contributed by atoms with van der Waals surface area (Å²) in [6.07, 6.45) is -4.13. The highest BCUT2D eigenvalue weighted by Gasteiger charge is 2.34. The fourth-order valence-electron chi connectivity index (χ4n) is 1.55. The van der Waals surface area contributed by atoms with Gasteiger partial charge in [-0.25, -0.2) is 5.43 Å². The van der Waals surface area contributed by atoms with Crippen LogP contribution in [0.5, 0.6) is 0 Å². The van der Waals surface area contributed by atoms with Crippen LogP contribution in [0.25, 0.3) is 0 Å². The topological polar surface area (TPSA) is 41.5 Å². The van der Waals surface area contributed by atoms with Crippen LogP contribution in [0.2, 0.25) is 0 Å². The maximum atomic E-state index is 12.8. The number of hydrogen-bond acceptors (Lipinski definition) is 2. The lowest BCUT2D eigenvalue weighted by Crippen LogP contribution is -2.20. The van der Waals surface area contributed by atoms with Crippen molar-refractivity contribution in [2.75, 3.05) is 0 Å². The third-order valence-corrected chi connectivity index (χ3v) is 2.29. The van der Waals surface area contributed by atoms with Crippen LogP contribution in [0.4, 0.5) is 13.2 Å². The van der Waals surface area contributed by atoms with Crippen molar-refractivity contribution in [1.29, 1.82) is 0 Å². The summed E-state index contributed by atoms with van der Waals surface area (Å²) in [5.41, 5.74) is 1.46. The predicted octanol–water partition coefficient (Wildman–Crippen LogP) is 2.81. The zero-order valence-corrected chi connectivity index (χ0v) is 9.95. The van der Waals surface area contributed by atoms with Crippen molar-refractivity contribution < 1.29 is 18.0 Å². The van der Waals surface area contributed by atoms with Gasteiger partial charge in [0.2, 0.25) is 6.41 Å². The Morgan fingerprint density at radius 1 is 1.33 bits per heavy atom. The summed E-state index contributed by atoms with van der Waals surface area (Å²) in [7, 11) is 0. The lowest BCUT2D eigenvalue weighted by Gasteiger charge is -2.16. The second kappa shape index (κ2) is 5.66. The van der Waals surface area contributed by atoms with Crippen LogP contribution in [0.1, 0.15) is 25.0 Å². The molecule has 1 rings (SSSR count). The summed E-state index contributed by atoms with van der Waals surface area (Å²) < 4.78 is 38.5. The van der Waals surface area contributed by atoms with Crippen LogP contribution in [0, 0.1) is 5.92 Å². The Labute approximate surface area is 103 Å². The Bertz CT molecular complexity index is 453. The quantitative estimate of drug-likeness (QED) is 0.503. The first-order valence-electron chi connectivity index (χ1n) is 5.31. The SMILES string of the molecule is CC(C)C(=NNC=O)c1ccccc1C(F)(F)F. The number of carbonyl (C=O) groups is 1. The summed E-state index contributed by atoms with van der Waals surface area (Å²) in [4.78, 5) is 10.2. The van der Waals surface area contributed by atoms with Crippen LogP contribution in [0.3, 0.4) is 0 Å². The summed E-state index contributed by atoms with van der Waals surface area (Å²) in [6.45, 7) is 3.41. The molecule has 0 fully saturated rings. The van der Waals surface area contributed by atoms with E-state index in [0.29, 0.717) is 6.41 Å². The van der Waals surface area contributed by atoms with E-state index >= 15 is 0 Å². The molecule has 0 aliphatic carbocycles. The Kier molecular flexibility index (Phi) is 4.47. The highest BCUT2D eigenvalue weighted by atomic mass is 19.4. The van der Waals surface area contributed by atoms with Gasteiger partial charge in [-0.2, -0.15) is 18.3 Å². The molecule has 1 aromatic rings. The molecule has 0 aliphatic heterocycles. The van der Waals surface area contributed by atoms with E-state index in [0.717, 1.165) is 6.07 Å². The summed E-state index contributed by atoms with van der Waals surface area (Å²) in [5.74, 6) is -0.249. The molecule has 98 valence electrons. The zero-order valence-electron chi connectivity index (χ0n) is 9.95. The molecule has 0 unspecified atom stereocenters. The maximum absolute atomic E-state index is 12.8. The molecule has 18 heavy (non-hydrogen) atoms. The molecule has 0 aliphatic rings. The number of nitrogens with one attached hydrogen (secondary N) is 1. The lowest BCUT2D eigenvalue weighted by atomic mass is 9.95. The van der Waals surface area contributed by atoms with Crippen molar-refractivity contribution in [3.8, 4) is 0 Å². The van der Waals surface area contributed by atoms with E-state index < -0.39 is 11.7 Å². The Hall–Kier alpha value is -1.85. The van der Waals surface area contributed by atoms with Gasteiger partial charge < -0.3 is 0 Å². The van der Waals surface area contributed by atoms with Crippen LogP contribution < -0.4 is 5.43 Å². The fourth-order valence-corrected chi connectivity index (χ4v) is 1.55. The molecule has 0 heterocycles. The average Bonchev–Trinajstić information content (AvgIpc) is 2.28. The summed E-state index contributed by atoms with van der Waals surface area (Å²) in [6, 6.07) is 5.16. The molecule has 0 aromatic heterocycles. The van der Waals surface area contributed by atoms with Gasteiger partial charge in [-0.15, -0.1) is 0 Å². The van der Waals surface area contributed by atoms with Crippen molar-refractivity contribution >= 4 is 12.1 Å². The second-order valence-corrected chi connectivity index (χ2v) is 3.94. The van der Waals surface area contributed by atoms with E-state index in [4.69, 9.17) is 0 Å². The van der Waals surface area contributed by atoms with Crippen LogP contribution >= 0.6 is 0 Å².